The number of carbonyl (C=O) groups is 1. The molecule has 1 aliphatic rings. The van der Waals surface area contributed by atoms with E-state index in [2.05, 4.69) is 15.5 Å². The molecule has 1 saturated heterocycles. The van der Waals surface area contributed by atoms with Gasteiger partial charge in [-0.05, 0) is 23.8 Å². The topological polar surface area (TPSA) is 53.6 Å². The number of halogens is 4. The normalized spacial score (nSPS) is 16.3. The predicted octanol–water partition coefficient (Wildman–Crippen LogP) is 3.96. The van der Waals surface area contributed by atoms with Gasteiger partial charge in [0.05, 0.1) is 24.5 Å². The van der Waals surface area contributed by atoms with Gasteiger partial charge in [0.25, 0.3) is 0 Å². The number of anilines is 1. The number of alkyl halides is 3. The first-order valence-electron chi connectivity index (χ1n) is 9.60. The lowest BCUT2D eigenvalue weighted by Gasteiger charge is -2.27. The molecule has 2 aromatic rings. The standard InChI is InChI=1S/C21H23ClF3N3O2/c22-16-6-7-18(17(14-16)21(23,24)25)27-20(29)19(15-4-2-1-3-5-15)26-8-9-28-10-12-30-13-11-28/h1-7,14,19,26H,8-13H2,(H,27,29). The summed E-state index contributed by atoms with van der Waals surface area (Å²) in [5.41, 5.74) is -0.643. The quantitative estimate of drug-likeness (QED) is 0.683. The van der Waals surface area contributed by atoms with Crippen molar-refractivity contribution in [3.8, 4) is 0 Å². The molecule has 1 unspecified atom stereocenters. The van der Waals surface area contributed by atoms with Crippen molar-refractivity contribution in [1.29, 1.82) is 0 Å². The van der Waals surface area contributed by atoms with Gasteiger partial charge in [0.1, 0.15) is 6.04 Å². The average molecular weight is 442 g/mol. The summed E-state index contributed by atoms with van der Waals surface area (Å²) in [7, 11) is 0. The monoisotopic (exact) mass is 441 g/mol. The van der Waals surface area contributed by atoms with E-state index in [1.54, 1.807) is 24.3 Å². The van der Waals surface area contributed by atoms with E-state index in [0.717, 1.165) is 19.2 Å². The molecule has 0 bridgehead atoms. The highest BCUT2D eigenvalue weighted by molar-refractivity contribution is 6.30. The largest absolute Gasteiger partial charge is 0.418 e. The van der Waals surface area contributed by atoms with E-state index in [9.17, 15) is 18.0 Å². The van der Waals surface area contributed by atoms with Gasteiger partial charge in [-0.2, -0.15) is 13.2 Å². The smallest absolute Gasteiger partial charge is 0.379 e. The third-order valence-electron chi connectivity index (χ3n) is 4.82. The fourth-order valence-electron chi connectivity index (χ4n) is 3.26. The molecule has 1 fully saturated rings. The number of amides is 1. The Hall–Kier alpha value is -2.13. The van der Waals surface area contributed by atoms with E-state index in [1.807, 2.05) is 6.07 Å². The minimum absolute atomic E-state index is 0.0523. The second kappa shape index (κ2) is 10.3. The van der Waals surface area contributed by atoms with Gasteiger partial charge in [-0.1, -0.05) is 41.9 Å². The highest BCUT2D eigenvalue weighted by Gasteiger charge is 2.35. The van der Waals surface area contributed by atoms with Crippen molar-refractivity contribution >= 4 is 23.2 Å². The number of nitrogens with one attached hydrogen (secondary N) is 2. The predicted molar refractivity (Wildman–Crippen MR) is 110 cm³/mol. The molecule has 0 saturated carbocycles. The molecule has 0 spiro atoms. The lowest BCUT2D eigenvalue weighted by molar-refractivity contribution is -0.137. The summed E-state index contributed by atoms with van der Waals surface area (Å²) in [5, 5.41) is 5.54. The number of carbonyl (C=O) groups excluding carboxylic acids is 1. The first-order chi connectivity index (χ1) is 14.3. The molecule has 9 heteroatoms. The zero-order valence-electron chi connectivity index (χ0n) is 16.2. The van der Waals surface area contributed by atoms with Gasteiger partial charge < -0.3 is 15.4 Å². The Bertz CT molecular complexity index is 843. The second-order valence-electron chi connectivity index (χ2n) is 6.93. The van der Waals surface area contributed by atoms with Crippen molar-refractivity contribution in [3.05, 3.63) is 64.7 Å². The fraction of sp³-hybridized carbons (Fsp3) is 0.381. The molecule has 30 heavy (non-hydrogen) atoms. The molecule has 3 rings (SSSR count). The summed E-state index contributed by atoms with van der Waals surface area (Å²) >= 11 is 5.72. The highest BCUT2D eigenvalue weighted by atomic mass is 35.5. The maximum absolute atomic E-state index is 13.4. The van der Waals surface area contributed by atoms with Crippen LogP contribution >= 0.6 is 11.6 Å². The highest BCUT2D eigenvalue weighted by Crippen LogP contribution is 2.36. The number of benzene rings is 2. The van der Waals surface area contributed by atoms with Gasteiger partial charge in [-0.3, -0.25) is 9.69 Å². The molecule has 5 nitrogen and oxygen atoms in total. The summed E-state index contributed by atoms with van der Waals surface area (Å²) in [6, 6.07) is 11.4. The molecular weight excluding hydrogens is 419 g/mol. The Morgan fingerprint density at radius 3 is 2.50 bits per heavy atom. The van der Waals surface area contributed by atoms with Crippen LogP contribution < -0.4 is 10.6 Å². The molecule has 1 atom stereocenters. The van der Waals surface area contributed by atoms with Crippen molar-refractivity contribution in [2.45, 2.75) is 12.2 Å². The van der Waals surface area contributed by atoms with Gasteiger partial charge >= 0.3 is 6.18 Å². The maximum Gasteiger partial charge on any atom is 0.418 e. The number of hydrogen-bond acceptors (Lipinski definition) is 4. The van der Waals surface area contributed by atoms with Gasteiger partial charge in [0.15, 0.2) is 0 Å². The van der Waals surface area contributed by atoms with Crippen molar-refractivity contribution < 1.29 is 22.7 Å². The van der Waals surface area contributed by atoms with E-state index in [1.165, 1.54) is 12.1 Å². The van der Waals surface area contributed by atoms with Crippen LogP contribution in [0, 0.1) is 0 Å². The fourth-order valence-corrected chi connectivity index (χ4v) is 3.44. The summed E-state index contributed by atoms with van der Waals surface area (Å²) in [5.74, 6) is -0.573. The second-order valence-corrected chi connectivity index (χ2v) is 7.37. The molecule has 0 aromatic heterocycles. The molecule has 162 valence electrons. The average Bonchev–Trinajstić information content (AvgIpc) is 2.73. The summed E-state index contributed by atoms with van der Waals surface area (Å²) in [6.45, 7) is 4.15. The number of morpholine rings is 1. The molecule has 0 radical (unpaired) electrons. The minimum Gasteiger partial charge on any atom is -0.379 e. The molecule has 1 amide bonds. The molecule has 0 aliphatic carbocycles. The summed E-state index contributed by atoms with van der Waals surface area (Å²) < 4.78 is 45.4. The van der Waals surface area contributed by atoms with Crippen molar-refractivity contribution in [3.63, 3.8) is 0 Å². The van der Waals surface area contributed by atoms with Crippen LogP contribution in [0.4, 0.5) is 18.9 Å². The molecule has 2 N–H and O–H groups in total. The van der Waals surface area contributed by atoms with Gasteiger partial charge in [0.2, 0.25) is 5.91 Å². The van der Waals surface area contributed by atoms with Crippen molar-refractivity contribution in [1.82, 2.24) is 10.2 Å². The van der Waals surface area contributed by atoms with Gasteiger partial charge in [0, 0.05) is 31.2 Å². The van der Waals surface area contributed by atoms with Gasteiger partial charge in [-0.15, -0.1) is 0 Å². The number of nitrogens with zero attached hydrogens (tertiary/aromatic N) is 1. The Kier molecular flexibility index (Phi) is 7.71. The summed E-state index contributed by atoms with van der Waals surface area (Å²) in [4.78, 5) is 15.2. The molecule has 1 heterocycles. The zero-order valence-corrected chi connectivity index (χ0v) is 17.0. The Morgan fingerprint density at radius 2 is 1.83 bits per heavy atom. The molecule has 2 aromatic carbocycles. The van der Waals surface area contributed by atoms with Crippen molar-refractivity contribution in [2.24, 2.45) is 0 Å². The van der Waals surface area contributed by atoms with Gasteiger partial charge in [-0.25, -0.2) is 0 Å². The SMILES string of the molecule is O=C(Nc1ccc(Cl)cc1C(F)(F)F)C(NCCN1CCOCC1)c1ccccc1. The van der Waals surface area contributed by atoms with Crippen LogP contribution in [0.25, 0.3) is 0 Å². The van der Waals surface area contributed by atoms with Crippen molar-refractivity contribution in [2.75, 3.05) is 44.7 Å². The maximum atomic E-state index is 13.4. The third-order valence-corrected chi connectivity index (χ3v) is 5.06. The van der Waals surface area contributed by atoms with E-state index in [0.29, 0.717) is 31.9 Å². The Morgan fingerprint density at radius 1 is 1.13 bits per heavy atom. The van der Waals surface area contributed by atoms with E-state index >= 15 is 0 Å². The third kappa shape index (κ3) is 6.18. The summed E-state index contributed by atoms with van der Waals surface area (Å²) in [6.07, 6.45) is -4.64. The van der Waals surface area contributed by atoms with E-state index in [4.69, 9.17) is 16.3 Å². The lowest BCUT2D eigenvalue weighted by atomic mass is 10.1. The van der Waals surface area contributed by atoms with Crippen LogP contribution in [0.1, 0.15) is 17.2 Å². The van der Waals surface area contributed by atoms with Crippen LogP contribution in [-0.4, -0.2) is 50.2 Å². The Labute approximate surface area is 178 Å². The van der Waals surface area contributed by atoms with Crippen LogP contribution in [0.5, 0.6) is 0 Å². The van der Waals surface area contributed by atoms with Crippen LogP contribution in [0.2, 0.25) is 5.02 Å². The minimum atomic E-state index is -4.64. The van der Waals surface area contributed by atoms with E-state index < -0.39 is 23.7 Å². The number of rotatable bonds is 7. The van der Waals surface area contributed by atoms with Crippen LogP contribution in [0.15, 0.2) is 48.5 Å². The van der Waals surface area contributed by atoms with Crippen LogP contribution in [-0.2, 0) is 15.7 Å². The number of hydrogen-bond donors (Lipinski definition) is 2. The van der Waals surface area contributed by atoms with E-state index in [-0.39, 0.29) is 10.7 Å². The molecular formula is C21H23ClF3N3O2. The molecule has 1 aliphatic heterocycles. The van der Waals surface area contributed by atoms with Crippen LogP contribution in [0.3, 0.4) is 0 Å². The zero-order chi connectivity index (χ0) is 21.6. The first-order valence-corrected chi connectivity index (χ1v) is 9.98. The Balaban J connectivity index is 1.74. The lowest BCUT2D eigenvalue weighted by Crippen LogP contribution is -2.42. The first kappa shape index (κ1) is 22.6. The number of ether oxygens (including phenoxy) is 1.